The van der Waals surface area contributed by atoms with Crippen molar-refractivity contribution >= 4 is 29.1 Å². The van der Waals surface area contributed by atoms with Gasteiger partial charge in [-0.05, 0) is 30.7 Å². The average molecular weight is 341 g/mol. The van der Waals surface area contributed by atoms with Crippen molar-refractivity contribution in [3.8, 4) is 0 Å². The van der Waals surface area contributed by atoms with Gasteiger partial charge in [-0.15, -0.1) is 0 Å². The molecule has 2 aromatic rings. The van der Waals surface area contributed by atoms with Crippen molar-refractivity contribution in [1.29, 1.82) is 0 Å². The fraction of sp³-hybridized carbons (Fsp3) is 0.158. The number of carbonyl (C=O) groups excluding carboxylic acids is 2. The number of nitrogens with one attached hydrogen (secondary N) is 1. The van der Waals surface area contributed by atoms with Crippen molar-refractivity contribution in [1.82, 2.24) is 10.2 Å². The van der Waals surface area contributed by atoms with Gasteiger partial charge in [0, 0.05) is 28.4 Å². The fourth-order valence-corrected chi connectivity index (χ4v) is 2.90. The molecule has 0 unspecified atom stereocenters. The lowest BCUT2D eigenvalue weighted by atomic mass is 10.1. The van der Waals surface area contributed by atoms with Crippen molar-refractivity contribution in [3.63, 3.8) is 0 Å². The summed E-state index contributed by atoms with van der Waals surface area (Å²) in [6, 6.07) is 13.9. The van der Waals surface area contributed by atoms with Gasteiger partial charge in [-0.1, -0.05) is 48.5 Å². The topological polar surface area (TPSA) is 49.4 Å². The third kappa shape index (κ3) is 2.93. The fourth-order valence-electron chi connectivity index (χ4n) is 2.77. The van der Waals surface area contributed by atoms with E-state index >= 15 is 0 Å². The van der Waals surface area contributed by atoms with Crippen LogP contribution in [0.3, 0.4) is 0 Å². The first-order valence-corrected chi connectivity index (χ1v) is 8.01. The van der Waals surface area contributed by atoms with Crippen molar-refractivity contribution in [2.75, 3.05) is 0 Å². The number of benzene rings is 2. The maximum Gasteiger partial charge on any atom is 0.259 e. The van der Waals surface area contributed by atoms with Crippen LogP contribution < -0.4 is 5.32 Å². The van der Waals surface area contributed by atoms with Gasteiger partial charge in [0.05, 0.1) is 0 Å². The molecule has 24 heavy (non-hydrogen) atoms. The Labute approximate surface area is 145 Å². The molecule has 2 amide bonds. The van der Waals surface area contributed by atoms with Gasteiger partial charge in [0.1, 0.15) is 6.04 Å². The van der Waals surface area contributed by atoms with Crippen molar-refractivity contribution in [2.24, 2.45) is 0 Å². The Morgan fingerprint density at radius 2 is 1.79 bits per heavy atom. The number of hydrogen-bond donors (Lipinski definition) is 1. The summed E-state index contributed by atoms with van der Waals surface area (Å²) in [6.45, 7) is 6.05. The zero-order valence-electron chi connectivity index (χ0n) is 13.3. The maximum atomic E-state index is 12.5. The van der Waals surface area contributed by atoms with Crippen LogP contribution in [0.15, 0.2) is 55.1 Å². The van der Waals surface area contributed by atoms with Gasteiger partial charge in [-0.25, -0.2) is 0 Å². The predicted octanol–water partition coefficient (Wildman–Crippen LogP) is 3.47. The molecule has 0 aromatic heterocycles. The van der Waals surface area contributed by atoms with Crippen LogP contribution in [-0.4, -0.2) is 22.8 Å². The summed E-state index contributed by atoms with van der Waals surface area (Å²) in [5.41, 5.74) is 2.86. The van der Waals surface area contributed by atoms with Gasteiger partial charge in [0.2, 0.25) is 5.91 Å². The van der Waals surface area contributed by atoms with Crippen LogP contribution in [-0.2, 0) is 11.3 Å². The van der Waals surface area contributed by atoms with Crippen molar-refractivity contribution in [3.05, 3.63) is 76.8 Å². The van der Waals surface area contributed by atoms with E-state index in [0.29, 0.717) is 22.8 Å². The second-order valence-corrected chi connectivity index (χ2v) is 6.12. The molecule has 4 nitrogen and oxygen atoms in total. The molecule has 3 rings (SSSR count). The second kappa shape index (κ2) is 6.49. The molecule has 1 aliphatic heterocycles. The van der Waals surface area contributed by atoms with Gasteiger partial charge in [0.15, 0.2) is 0 Å². The van der Waals surface area contributed by atoms with Gasteiger partial charge in [0.25, 0.3) is 5.91 Å². The molecule has 2 aromatic carbocycles. The molecule has 1 N–H and O–H groups in total. The van der Waals surface area contributed by atoms with Crippen molar-refractivity contribution < 1.29 is 9.59 Å². The van der Waals surface area contributed by atoms with Crippen LogP contribution in [0.5, 0.6) is 0 Å². The largest absolute Gasteiger partial charge is 0.350 e. The lowest BCUT2D eigenvalue weighted by molar-refractivity contribution is -0.124. The van der Waals surface area contributed by atoms with E-state index in [9.17, 15) is 9.59 Å². The van der Waals surface area contributed by atoms with Crippen LogP contribution in [0.1, 0.15) is 28.4 Å². The van der Waals surface area contributed by atoms with Gasteiger partial charge in [-0.2, -0.15) is 0 Å². The molecular weight excluding hydrogens is 324 g/mol. The quantitative estimate of drug-likeness (QED) is 0.926. The Kier molecular flexibility index (Phi) is 4.40. The molecule has 1 heterocycles. The highest BCUT2D eigenvalue weighted by atomic mass is 35.5. The lowest BCUT2D eigenvalue weighted by Gasteiger charge is -2.24. The Morgan fingerprint density at radius 3 is 2.42 bits per heavy atom. The first kappa shape index (κ1) is 16.3. The lowest BCUT2D eigenvalue weighted by Crippen LogP contribution is -2.44. The molecule has 0 aliphatic carbocycles. The van der Waals surface area contributed by atoms with E-state index in [-0.39, 0.29) is 11.8 Å². The molecule has 0 saturated heterocycles. The summed E-state index contributed by atoms with van der Waals surface area (Å²) in [7, 11) is 0. The summed E-state index contributed by atoms with van der Waals surface area (Å²) < 4.78 is 0. The zero-order valence-corrected chi connectivity index (χ0v) is 14.0. The number of hydrogen-bond acceptors (Lipinski definition) is 2. The van der Waals surface area contributed by atoms with E-state index in [2.05, 4.69) is 11.9 Å². The molecule has 0 fully saturated rings. The van der Waals surface area contributed by atoms with Gasteiger partial charge < -0.3 is 5.32 Å². The number of rotatable bonds is 4. The van der Waals surface area contributed by atoms with Crippen LogP contribution in [0.4, 0.5) is 0 Å². The van der Waals surface area contributed by atoms with E-state index in [1.807, 2.05) is 24.3 Å². The minimum Gasteiger partial charge on any atom is -0.350 e. The second-order valence-electron chi connectivity index (χ2n) is 5.69. The molecule has 0 radical (unpaired) electrons. The normalized spacial score (nSPS) is 14.5. The number of amides is 2. The highest BCUT2D eigenvalue weighted by molar-refractivity contribution is 6.30. The minimum atomic E-state index is -0.635. The monoisotopic (exact) mass is 340 g/mol. The summed E-state index contributed by atoms with van der Waals surface area (Å²) in [5, 5.41) is 3.49. The summed E-state index contributed by atoms with van der Waals surface area (Å²) in [6.07, 6.45) is 0. The Bertz CT molecular complexity index is 779. The number of halogens is 1. The van der Waals surface area contributed by atoms with E-state index in [1.54, 1.807) is 31.2 Å². The van der Waals surface area contributed by atoms with Gasteiger partial charge >= 0.3 is 0 Å². The molecule has 0 spiro atoms. The number of nitrogens with zero attached hydrogens (tertiary/aromatic N) is 1. The zero-order chi connectivity index (χ0) is 17.3. The smallest absolute Gasteiger partial charge is 0.259 e. The first-order chi connectivity index (χ1) is 11.5. The number of carbonyl (C=O) groups is 2. The van der Waals surface area contributed by atoms with Gasteiger partial charge in [-0.3, -0.25) is 14.5 Å². The van der Waals surface area contributed by atoms with Crippen LogP contribution in [0.25, 0.3) is 5.70 Å². The molecule has 1 aliphatic rings. The van der Waals surface area contributed by atoms with E-state index in [0.717, 1.165) is 11.1 Å². The Morgan fingerprint density at radius 1 is 1.17 bits per heavy atom. The molecule has 122 valence electrons. The average Bonchev–Trinajstić information content (AvgIpc) is 2.85. The minimum absolute atomic E-state index is 0.190. The SMILES string of the molecule is C=C1c2ccccc2C(=O)N1[C@@H](C)C(=O)NCc1ccc(Cl)cc1. The highest BCUT2D eigenvalue weighted by Gasteiger charge is 2.36. The third-order valence-corrected chi connectivity index (χ3v) is 4.38. The van der Waals surface area contributed by atoms with Crippen LogP contribution >= 0.6 is 11.6 Å². The molecule has 0 bridgehead atoms. The Hall–Kier alpha value is -2.59. The molecular formula is C19H17ClN2O2. The molecule has 5 heteroatoms. The summed E-state index contributed by atoms with van der Waals surface area (Å²) in [5.74, 6) is -0.419. The Balaban J connectivity index is 1.69. The van der Waals surface area contributed by atoms with Crippen LogP contribution in [0.2, 0.25) is 5.02 Å². The predicted molar refractivity (Wildman–Crippen MR) is 94.4 cm³/mol. The summed E-state index contributed by atoms with van der Waals surface area (Å²) >= 11 is 5.85. The van der Waals surface area contributed by atoms with E-state index in [1.165, 1.54) is 4.90 Å². The third-order valence-electron chi connectivity index (χ3n) is 4.12. The summed E-state index contributed by atoms with van der Waals surface area (Å²) in [4.78, 5) is 26.4. The molecule has 0 saturated carbocycles. The standard InChI is InChI=1S/C19H17ClN2O2/c1-12-16-5-3-4-6-17(16)19(24)22(12)13(2)18(23)21-11-14-7-9-15(20)10-8-14/h3-10,13H,1,11H2,2H3,(H,21,23)/t13-/m0/s1. The van der Waals surface area contributed by atoms with Crippen LogP contribution in [0, 0.1) is 0 Å². The maximum absolute atomic E-state index is 12.5. The van der Waals surface area contributed by atoms with Crippen molar-refractivity contribution in [2.45, 2.75) is 19.5 Å². The van der Waals surface area contributed by atoms with E-state index in [4.69, 9.17) is 11.6 Å². The van der Waals surface area contributed by atoms with E-state index < -0.39 is 6.04 Å². The highest BCUT2D eigenvalue weighted by Crippen LogP contribution is 2.32. The molecule has 1 atom stereocenters. The number of fused-ring (bicyclic) bond motifs is 1. The first-order valence-electron chi connectivity index (χ1n) is 7.63.